The van der Waals surface area contributed by atoms with E-state index in [2.05, 4.69) is 36.7 Å². The zero-order valence-corrected chi connectivity index (χ0v) is 18.7. The molecule has 3 heterocycles. The van der Waals surface area contributed by atoms with Crippen LogP contribution in [0.5, 0.6) is 5.88 Å². The highest BCUT2D eigenvalue weighted by atomic mass is 127. The van der Waals surface area contributed by atoms with Crippen molar-refractivity contribution in [2.45, 2.75) is 19.4 Å². The van der Waals surface area contributed by atoms with Crippen LogP contribution in [0.3, 0.4) is 0 Å². The molecule has 0 spiro atoms. The number of ether oxygens (including phenoxy) is 1. The van der Waals surface area contributed by atoms with Crippen molar-refractivity contribution in [2.75, 3.05) is 33.3 Å². The maximum absolute atomic E-state index is 5.82. The van der Waals surface area contributed by atoms with Gasteiger partial charge in [-0.2, -0.15) is 0 Å². The zero-order chi connectivity index (χ0) is 18.4. The molecule has 9 heteroatoms. The molecule has 1 saturated heterocycles. The predicted molar refractivity (Wildman–Crippen MR) is 118 cm³/mol. The van der Waals surface area contributed by atoms with Crippen LogP contribution in [-0.4, -0.2) is 58.7 Å². The van der Waals surface area contributed by atoms with Crippen molar-refractivity contribution in [3.63, 3.8) is 0 Å². The number of nitrogens with one attached hydrogen (secondary N) is 1. The smallest absolute Gasteiger partial charge is 0.213 e. The minimum Gasteiger partial charge on any atom is -0.476 e. The minimum absolute atomic E-state index is 0. The molecule has 2 aromatic heterocycles. The molecule has 0 radical (unpaired) electrons. The second-order valence-corrected chi connectivity index (χ2v) is 6.86. The Morgan fingerprint density at radius 1 is 1.44 bits per heavy atom. The number of halogens is 2. The van der Waals surface area contributed by atoms with Crippen LogP contribution in [0.15, 0.2) is 42.0 Å². The fraction of sp³-hybridized carbons (Fsp3) is 0.500. The Hall–Kier alpha value is -1.55. The fourth-order valence-corrected chi connectivity index (χ4v) is 3.31. The molecular formula is C18H26ClIN6O. The number of hydrogen-bond acceptors (Lipinski definition) is 4. The van der Waals surface area contributed by atoms with E-state index in [0.29, 0.717) is 36.0 Å². The highest BCUT2D eigenvalue weighted by molar-refractivity contribution is 14.0. The lowest BCUT2D eigenvalue weighted by molar-refractivity contribution is 0.188. The number of pyridine rings is 1. The Morgan fingerprint density at radius 2 is 2.30 bits per heavy atom. The molecule has 1 fully saturated rings. The maximum Gasteiger partial charge on any atom is 0.213 e. The summed E-state index contributed by atoms with van der Waals surface area (Å²) in [5, 5.41) is 3.97. The number of hydrogen-bond donors (Lipinski definition) is 1. The maximum atomic E-state index is 5.82. The first-order valence-electron chi connectivity index (χ1n) is 8.84. The summed E-state index contributed by atoms with van der Waals surface area (Å²) >= 11 is 5.82. The van der Waals surface area contributed by atoms with E-state index in [0.717, 1.165) is 25.5 Å². The molecule has 0 amide bonds. The van der Waals surface area contributed by atoms with Crippen LogP contribution in [0, 0.1) is 5.92 Å². The Bertz CT molecular complexity index is 709. The van der Waals surface area contributed by atoms with Gasteiger partial charge >= 0.3 is 0 Å². The third-order valence-electron chi connectivity index (χ3n) is 4.67. The first-order chi connectivity index (χ1) is 12.7. The summed E-state index contributed by atoms with van der Waals surface area (Å²) < 4.78 is 7.82. The summed E-state index contributed by atoms with van der Waals surface area (Å²) in [6, 6.07) is 3.93. The topological polar surface area (TPSA) is 67.6 Å². The number of aromatic nitrogens is 3. The molecule has 1 N–H and O–H groups in total. The van der Waals surface area contributed by atoms with Gasteiger partial charge in [0.15, 0.2) is 5.96 Å². The highest BCUT2D eigenvalue weighted by Crippen LogP contribution is 2.27. The molecule has 0 saturated carbocycles. The average molecular weight is 505 g/mol. The summed E-state index contributed by atoms with van der Waals surface area (Å²) in [5.74, 6) is 2.07. The average Bonchev–Trinajstić information content (AvgIpc) is 3.18. The van der Waals surface area contributed by atoms with E-state index in [1.54, 1.807) is 18.3 Å². The lowest BCUT2D eigenvalue weighted by Crippen LogP contribution is -2.49. The minimum atomic E-state index is 0. The Kier molecular flexibility index (Phi) is 8.62. The Balaban J connectivity index is 0.00000261. The lowest BCUT2D eigenvalue weighted by Gasteiger charge is -2.39. The van der Waals surface area contributed by atoms with Crippen molar-refractivity contribution in [3.8, 4) is 5.88 Å². The normalized spacial score (nSPS) is 20.1. The highest BCUT2D eigenvalue weighted by Gasteiger charge is 2.28. The standard InChI is InChI=1S/C18H25ClN6O.HI/c1-14-5-8-24(12-16(14)25-9-6-21-13-25)18(20-2)22-7-10-26-17-4-3-15(19)11-23-17;/h3-4,6,9,11,13-14,16H,5,7-8,10,12H2,1-2H3,(H,20,22);1H. The van der Waals surface area contributed by atoms with E-state index in [4.69, 9.17) is 16.3 Å². The summed E-state index contributed by atoms with van der Waals surface area (Å²) in [6.45, 7) is 5.36. The molecule has 0 aromatic carbocycles. The number of piperidine rings is 1. The van der Waals surface area contributed by atoms with Gasteiger partial charge in [0.25, 0.3) is 0 Å². The molecule has 2 aromatic rings. The van der Waals surface area contributed by atoms with Crippen molar-refractivity contribution in [1.82, 2.24) is 24.8 Å². The second-order valence-electron chi connectivity index (χ2n) is 6.43. The molecule has 1 aliphatic rings. The quantitative estimate of drug-likeness (QED) is 0.293. The Morgan fingerprint density at radius 3 is 2.96 bits per heavy atom. The van der Waals surface area contributed by atoms with E-state index in [1.807, 2.05) is 25.8 Å². The first kappa shape index (κ1) is 21.7. The summed E-state index contributed by atoms with van der Waals surface area (Å²) in [4.78, 5) is 15.0. The van der Waals surface area contributed by atoms with Gasteiger partial charge in [-0.15, -0.1) is 24.0 Å². The van der Waals surface area contributed by atoms with Crippen LogP contribution in [0.4, 0.5) is 0 Å². The number of rotatable bonds is 5. The Labute approximate surface area is 182 Å². The fourth-order valence-electron chi connectivity index (χ4n) is 3.19. The molecule has 148 valence electrons. The van der Waals surface area contributed by atoms with Crippen LogP contribution >= 0.6 is 35.6 Å². The molecule has 7 nitrogen and oxygen atoms in total. The van der Waals surface area contributed by atoms with Crippen molar-refractivity contribution in [2.24, 2.45) is 10.9 Å². The van der Waals surface area contributed by atoms with E-state index in [1.165, 1.54) is 0 Å². The number of guanidine groups is 1. The van der Waals surface area contributed by atoms with E-state index in [-0.39, 0.29) is 24.0 Å². The molecule has 3 rings (SSSR count). The number of imidazole rings is 1. The third kappa shape index (κ3) is 5.97. The van der Waals surface area contributed by atoms with Crippen molar-refractivity contribution >= 4 is 41.5 Å². The van der Waals surface area contributed by atoms with Gasteiger partial charge in [-0.3, -0.25) is 4.99 Å². The summed E-state index contributed by atoms with van der Waals surface area (Å²) in [7, 11) is 1.81. The second kappa shape index (κ2) is 10.7. The van der Waals surface area contributed by atoms with Crippen LogP contribution in [0.25, 0.3) is 0 Å². The van der Waals surface area contributed by atoms with Gasteiger partial charge in [0.1, 0.15) is 6.61 Å². The molecule has 2 unspecified atom stereocenters. The SMILES string of the molecule is CN=C(NCCOc1ccc(Cl)cn1)N1CCC(C)C(n2ccnc2)C1.I. The number of aliphatic imine (C=N–C) groups is 1. The van der Waals surface area contributed by atoms with E-state index in [9.17, 15) is 0 Å². The molecule has 0 bridgehead atoms. The van der Waals surface area contributed by atoms with E-state index >= 15 is 0 Å². The van der Waals surface area contributed by atoms with E-state index < -0.39 is 0 Å². The third-order valence-corrected chi connectivity index (χ3v) is 4.90. The van der Waals surface area contributed by atoms with Crippen LogP contribution in [0.2, 0.25) is 5.02 Å². The van der Waals surface area contributed by atoms with Crippen molar-refractivity contribution < 1.29 is 4.74 Å². The molecule has 2 atom stereocenters. The lowest BCUT2D eigenvalue weighted by atomic mass is 9.93. The number of nitrogens with zero attached hydrogens (tertiary/aromatic N) is 5. The van der Waals surface area contributed by atoms with Gasteiger partial charge < -0.3 is 19.5 Å². The van der Waals surface area contributed by atoms with Gasteiger partial charge in [-0.1, -0.05) is 18.5 Å². The predicted octanol–water partition coefficient (Wildman–Crippen LogP) is 3.09. The summed E-state index contributed by atoms with van der Waals surface area (Å²) in [6.07, 6.45) is 8.46. The first-order valence-corrected chi connectivity index (χ1v) is 9.22. The van der Waals surface area contributed by atoms with Gasteiger partial charge in [0.05, 0.1) is 23.9 Å². The number of likely N-dealkylation sites (tertiary alicyclic amines) is 1. The van der Waals surface area contributed by atoms with Crippen molar-refractivity contribution in [3.05, 3.63) is 42.1 Å². The zero-order valence-electron chi connectivity index (χ0n) is 15.6. The van der Waals surface area contributed by atoms with Gasteiger partial charge in [0.2, 0.25) is 5.88 Å². The molecule has 27 heavy (non-hydrogen) atoms. The van der Waals surface area contributed by atoms with Crippen LogP contribution in [0.1, 0.15) is 19.4 Å². The van der Waals surface area contributed by atoms with Gasteiger partial charge in [-0.05, 0) is 18.4 Å². The van der Waals surface area contributed by atoms with Crippen LogP contribution in [-0.2, 0) is 0 Å². The molecule has 0 aliphatic carbocycles. The molecule has 1 aliphatic heterocycles. The molecular weight excluding hydrogens is 479 g/mol. The largest absolute Gasteiger partial charge is 0.476 e. The van der Waals surface area contributed by atoms with Gasteiger partial charge in [-0.25, -0.2) is 9.97 Å². The van der Waals surface area contributed by atoms with Gasteiger partial charge in [0, 0.05) is 44.8 Å². The van der Waals surface area contributed by atoms with Crippen molar-refractivity contribution in [1.29, 1.82) is 0 Å². The summed E-state index contributed by atoms with van der Waals surface area (Å²) in [5.41, 5.74) is 0. The monoisotopic (exact) mass is 504 g/mol. The van der Waals surface area contributed by atoms with Crippen LogP contribution < -0.4 is 10.1 Å².